The van der Waals surface area contributed by atoms with Crippen molar-refractivity contribution in [3.63, 3.8) is 0 Å². The Hall–Kier alpha value is -1.10. The molecule has 0 aliphatic carbocycles. The predicted molar refractivity (Wildman–Crippen MR) is 71.5 cm³/mol. The smallest absolute Gasteiger partial charge is 0.245 e. The predicted octanol–water partition coefficient (Wildman–Crippen LogP) is 0.349. The molecular weight excluding hydrogens is 242 g/mol. The topological polar surface area (TPSA) is 52.7 Å². The molecule has 3 aliphatic rings. The maximum atomic E-state index is 12.5. The molecule has 0 radical (unpaired) electrons. The summed E-state index contributed by atoms with van der Waals surface area (Å²) in [6, 6.07) is 0.0875. The van der Waals surface area contributed by atoms with Gasteiger partial charge in [0.2, 0.25) is 11.8 Å². The van der Waals surface area contributed by atoms with Crippen LogP contribution in [0, 0.1) is 0 Å². The van der Waals surface area contributed by atoms with E-state index >= 15 is 0 Å². The zero-order valence-electron chi connectivity index (χ0n) is 11.8. The van der Waals surface area contributed by atoms with Gasteiger partial charge in [-0.25, -0.2) is 0 Å². The van der Waals surface area contributed by atoms with E-state index in [1.807, 2.05) is 11.8 Å². The first-order valence-corrected chi connectivity index (χ1v) is 7.50. The molecule has 1 N–H and O–H groups in total. The number of carbonyl (C=O) groups is 2. The normalized spacial score (nSPS) is 39.6. The van der Waals surface area contributed by atoms with Crippen molar-refractivity contribution in [2.45, 2.75) is 63.7 Å². The second-order valence-corrected chi connectivity index (χ2v) is 6.00. The molecule has 5 nitrogen and oxygen atoms in total. The van der Waals surface area contributed by atoms with Crippen molar-refractivity contribution in [3.8, 4) is 0 Å². The van der Waals surface area contributed by atoms with Gasteiger partial charge in [0.25, 0.3) is 0 Å². The Morgan fingerprint density at radius 1 is 1.21 bits per heavy atom. The Morgan fingerprint density at radius 2 is 2.00 bits per heavy atom. The van der Waals surface area contributed by atoms with Crippen molar-refractivity contribution in [2.24, 2.45) is 0 Å². The van der Waals surface area contributed by atoms with Gasteiger partial charge in [0.1, 0.15) is 12.1 Å². The van der Waals surface area contributed by atoms with Gasteiger partial charge >= 0.3 is 0 Å². The van der Waals surface area contributed by atoms with E-state index in [0.717, 1.165) is 19.5 Å². The zero-order valence-corrected chi connectivity index (χ0v) is 11.8. The average Bonchev–Trinajstić information content (AvgIpc) is 2.96. The van der Waals surface area contributed by atoms with Crippen LogP contribution >= 0.6 is 0 Å². The quantitative estimate of drug-likeness (QED) is 0.784. The van der Waals surface area contributed by atoms with Crippen LogP contribution in [-0.2, 0) is 9.59 Å². The average molecular weight is 265 g/mol. The third-order valence-corrected chi connectivity index (χ3v) is 4.94. The summed E-state index contributed by atoms with van der Waals surface area (Å²) in [5, 5.41) is 2.80. The van der Waals surface area contributed by atoms with E-state index < -0.39 is 0 Å². The van der Waals surface area contributed by atoms with E-state index in [0.29, 0.717) is 12.5 Å². The van der Waals surface area contributed by atoms with E-state index in [-0.39, 0.29) is 29.9 Å². The molecule has 0 aromatic heterocycles. The second kappa shape index (κ2) is 4.78. The lowest BCUT2D eigenvalue weighted by Gasteiger charge is -2.43. The van der Waals surface area contributed by atoms with E-state index in [9.17, 15) is 9.59 Å². The molecule has 106 valence electrons. The summed E-state index contributed by atoms with van der Waals surface area (Å²) < 4.78 is 0. The first kappa shape index (κ1) is 12.9. The van der Waals surface area contributed by atoms with Gasteiger partial charge in [-0.05, 0) is 39.2 Å². The number of piperazine rings is 1. The maximum absolute atomic E-state index is 12.5. The van der Waals surface area contributed by atoms with Crippen LogP contribution in [0.25, 0.3) is 0 Å². The monoisotopic (exact) mass is 265 g/mol. The first-order valence-electron chi connectivity index (χ1n) is 7.50. The highest BCUT2D eigenvalue weighted by atomic mass is 16.2. The summed E-state index contributed by atoms with van der Waals surface area (Å²) in [7, 11) is 0. The summed E-state index contributed by atoms with van der Waals surface area (Å²) in [5.74, 6) is 0.122. The summed E-state index contributed by atoms with van der Waals surface area (Å²) in [4.78, 5) is 29.0. The van der Waals surface area contributed by atoms with E-state index in [2.05, 4.69) is 10.2 Å². The number of fused-ring (bicyclic) bond motifs is 1. The fourth-order valence-electron chi connectivity index (χ4n) is 4.03. The lowest BCUT2D eigenvalue weighted by Crippen LogP contribution is -2.66. The van der Waals surface area contributed by atoms with Crippen LogP contribution in [0.15, 0.2) is 0 Å². The Labute approximate surface area is 114 Å². The van der Waals surface area contributed by atoms with Crippen LogP contribution in [0.2, 0.25) is 0 Å². The standard InChI is InChI=1S/C14H23N3O2/c1-3-10-13(18)15-9(2)14(19)17(10)12-6-8-16-7-4-5-11(12)16/h9-12H,3-8H2,1-2H3,(H,15,18). The number of nitrogens with one attached hydrogen (secondary N) is 1. The molecule has 2 amide bonds. The fraction of sp³-hybridized carbons (Fsp3) is 0.857. The minimum absolute atomic E-state index is 0.0195. The van der Waals surface area contributed by atoms with Crippen molar-refractivity contribution in [1.29, 1.82) is 0 Å². The van der Waals surface area contributed by atoms with Crippen LogP contribution in [0.5, 0.6) is 0 Å². The summed E-state index contributed by atoms with van der Waals surface area (Å²) >= 11 is 0. The van der Waals surface area contributed by atoms with Crippen molar-refractivity contribution in [2.75, 3.05) is 13.1 Å². The van der Waals surface area contributed by atoms with Crippen molar-refractivity contribution < 1.29 is 9.59 Å². The third kappa shape index (κ3) is 1.95. The van der Waals surface area contributed by atoms with Gasteiger partial charge in [0.15, 0.2) is 0 Å². The van der Waals surface area contributed by atoms with Gasteiger partial charge in [0.05, 0.1) is 0 Å². The van der Waals surface area contributed by atoms with Gasteiger partial charge in [-0.1, -0.05) is 6.92 Å². The number of rotatable bonds is 2. The van der Waals surface area contributed by atoms with Gasteiger partial charge in [0, 0.05) is 18.6 Å². The van der Waals surface area contributed by atoms with Crippen molar-refractivity contribution in [1.82, 2.24) is 15.1 Å². The number of amides is 2. The summed E-state index contributed by atoms with van der Waals surface area (Å²) in [5.41, 5.74) is 0. The van der Waals surface area contributed by atoms with Crippen molar-refractivity contribution >= 4 is 11.8 Å². The Bertz CT molecular complexity index is 398. The van der Waals surface area contributed by atoms with Crippen molar-refractivity contribution in [3.05, 3.63) is 0 Å². The first-order chi connectivity index (χ1) is 9.13. The second-order valence-electron chi connectivity index (χ2n) is 6.00. The molecule has 0 spiro atoms. The zero-order chi connectivity index (χ0) is 13.6. The molecule has 5 heteroatoms. The molecule has 0 saturated carbocycles. The highest BCUT2D eigenvalue weighted by Gasteiger charge is 2.48. The molecule has 3 saturated heterocycles. The highest BCUT2D eigenvalue weighted by molar-refractivity contribution is 5.97. The maximum Gasteiger partial charge on any atom is 0.245 e. The number of hydrogen-bond donors (Lipinski definition) is 1. The molecule has 0 aromatic carbocycles. The number of hydrogen-bond acceptors (Lipinski definition) is 3. The van der Waals surface area contributed by atoms with Crippen LogP contribution in [0.3, 0.4) is 0 Å². The van der Waals surface area contributed by atoms with Gasteiger partial charge in [-0.3, -0.25) is 14.5 Å². The Balaban J connectivity index is 1.87. The number of nitrogens with zero attached hydrogens (tertiary/aromatic N) is 2. The largest absolute Gasteiger partial charge is 0.343 e. The van der Waals surface area contributed by atoms with Gasteiger partial charge in [-0.2, -0.15) is 0 Å². The molecule has 0 bridgehead atoms. The molecule has 3 fully saturated rings. The number of carbonyl (C=O) groups excluding carboxylic acids is 2. The Kier molecular flexibility index (Phi) is 3.25. The van der Waals surface area contributed by atoms with E-state index in [1.54, 1.807) is 6.92 Å². The Morgan fingerprint density at radius 3 is 2.74 bits per heavy atom. The van der Waals surface area contributed by atoms with Crippen LogP contribution in [-0.4, -0.2) is 58.9 Å². The fourth-order valence-corrected chi connectivity index (χ4v) is 4.03. The minimum atomic E-state index is -0.370. The molecule has 3 rings (SSSR count). The SMILES string of the molecule is CCC1C(=O)NC(C)C(=O)N1C1CCN2CCCC12. The van der Waals surface area contributed by atoms with Crippen LogP contribution in [0.1, 0.15) is 39.5 Å². The molecule has 19 heavy (non-hydrogen) atoms. The van der Waals surface area contributed by atoms with Gasteiger partial charge < -0.3 is 10.2 Å². The minimum Gasteiger partial charge on any atom is -0.343 e. The summed E-state index contributed by atoms with van der Waals surface area (Å²) in [6.45, 7) is 6.01. The van der Waals surface area contributed by atoms with Crippen LogP contribution in [0.4, 0.5) is 0 Å². The molecule has 3 heterocycles. The lowest BCUT2D eigenvalue weighted by atomic mass is 9.97. The van der Waals surface area contributed by atoms with Crippen LogP contribution < -0.4 is 5.32 Å². The molecule has 0 aromatic rings. The third-order valence-electron chi connectivity index (χ3n) is 4.94. The molecule has 4 atom stereocenters. The highest BCUT2D eigenvalue weighted by Crippen LogP contribution is 2.33. The molecule has 4 unspecified atom stereocenters. The summed E-state index contributed by atoms with van der Waals surface area (Å²) in [6.07, 6.45) is 4.11. The molecular formula is C14H23N3O2. The van der Waals surface area contributed by atoms with Gasteiger partial charge in [-0.15, -0.1) is 0 Å². The lowest BCUT2D eigenvalue weighted by molar-refractivity contribution is -0.152. The van der Waals surface area contributed by atoms with E-state index in [1.165, 1.54) is 12.8 Å². The van der Waals surface area contributed by atoms with E-state index in [4.69, 9.17) is 0 Å². The molecule has 3 aliphatic heterocycles.